The Morgan fingerprint density at radius 1 is 0.731 bits per heavy atom. The first-order valence-corrected chi connectivity index (χ1v) is 11.1. The predicted molar refractivity (Wildman–Crippen MR) is 107 cm³/mol. The van der Waals surface area contributed by atoms with Crippen molar-refractivity contribution < 1.29 is 0 Å². The number of benzene rings is 1. The quantitative estimate of drug-likeness (QED) is 0.821. The Hall–Kier alpha value is -0.900. The second-order valence-corrected chi connectivity index (χ2v) is 9.31. The third-order valence-electron chi connectivity index (χ3n) is 7.84. The largest absolute Gasteiger partial charge is 0.299 e. The zero-order valence-corrected chi connectivity index (χ0v) is 16.2. The molecule has 2 bridgehead atoms. The van der Waals surface area contributed by atoms with Crippen LogP contribution in [0.25, 0.3) is 0 Å². The van der Waals surface area contributed by atoms with E-state index < -0.39 is 0 Å². The molecule has 1 aromatic carbocycles. The molecular formula is C23H35N3. The van der Waals surface area contributed by atoms with Crippen LogP contribution in [0.1, 0.15) is 44.1 Å². The van der Waals surface area contributed by atoms with Crippen molar-refractivity contribution in [1.29, 1.82) is 0 Å². The average Bonchev–Trinajstić information content (AvgIpc) is 3.33. The number of likely N-dealkylation sites (tertiary alicyclic amines) is 1. The van der Waals surface area contributed by atoms with Crippen molar-refractivity contribution in [3.05, 3.63) is 35.9 Å². The van der Waals surface area contributed by atoms with Gasteiger partial charge in [0.1, 0.15) is 0 Å². The van der Waals surface area contributed by atoms with Gasteiger partial charge in [-0.3, -0.25) is 14.7 Å². The minimum absolute atomic E-state index is 0.837. The van der Waals surface area contributed by atoms with E-state index in [1.807, 2.05) is 0 Å². The standard InChI is InChI=1S/C23H35N3/c1-2-4-19(5-3-1)18-24-10-8-22(9-11-24)25-12-14-26(15-13-25)23-17-20-6-7-21(23)16-20/h1-5,20-23H,6-18H2/t20-,21+,23+/m0/s1. The predicted octanol–water partition coefficient (Wildman–Crippen LogP) is 3.46. The van der Waals surface area contributed by atoms with Gasteiger partial charge in [-0.15, -0.1) is 0 Å². The van der Waals surface area contributed by atoms with E-state index >= 15 is 0 Å². The summed E-state index contributed by atoms with van der Waals surface area (Å²) in [5.74, 6) is 2.13. The zero-order valence-electron chi connectivity index (χ0n) is 16.2. The molecule has 0 spiro atoms. The Kier molecular flexibility index (Phi) is 5.04. The van der Waals surface area contributed by atoms with Gasteiger partial charge in [-0.25, -0.2) is 0 Å². The summed E-state index contributed by atoms with van der Waals surface area (Å²) >= 11 is 0. The molecule has 3 atom stereocenters. The number of fused-ring (bicyclic) bond motifs is 2. The highest BCUT2D eigenvalue weighted by Crippen LogP contribution is 2.46. The third kappa shape index (κ3) is 3.58. The smallest absolute Gasteiger partial charge is 0.0233 e. The van der Waals surface area contributed by atoms with Gasteiger partial charge in [0.05, 0.1) is 0 Å². The lowest BCUT2D eigenvalue weighted by Gasteiger charge is -2.45. The van der Waals surface area contributed by atoms with Crippen molar-refractivity contribution in [2.24, 2.45) is 11.8 Å². The molecule has 5 rings (SSSR count). The van der Waals surface area contributed by atoms with Crippen LogP contribution in [0.3, 0.4) is 0 Å². The van der Waals surface area contributed by atoms with Gasteiger partial charge in [0.15, 0.2) is 0 Å². The molecule has 2 aliphatic heterocycles. The van der Waals surface area contributed by atoms with Crippen LogP contribution < -0.4 is 0 Å². The fourth-order valence-corrected chi connectivity index (χ4v) is 6.38. The Bertz CT molecular complexity index is 572. The molecule has 2 aliphatic carbocycles. The summed E-state index contributed by atoms with van der Waals surface area (Å²) in [5.41, 5.74) is 1.46. The summed E-state index contributed by atoms with van der Waals surface area (Å²) < 4.78 is 0. The van der Waals surface area contributed by atoms with Gasteiger partial charge in [-0.05, 0) is 62.6 Å². The van der Waals surface area contributed by atoms with Crippen molar-refractivity contribution in [2.75, 3.05) is 39.3 Å². The van der Waals surface area contributed by atoms with E-state index in [1.54, 1.807) is 6.42 Å². The highest BCUT2D eigenvalue weighted by molar-refractivity contribution is 5.14. The van der Waals surface area contributed by atoms with Crippen LogP contribution >= 0.6 is 0 Å². The maximum Gasteiger partial charge on any atom is 0.0233 e. The second-order valence-electron chi connectivity index (χ2n) is 9.31. The van der Waals surface area contributed by atoms with Crippen LogP contribution in [0.4, 0.5) is 0 Å². The van der Waals surface area contributed by atoms with E-state index in [1.165, 1.54) is 76.9 Å². The van der Waals surface area contributed by atoms with E-state index in [2.05, 4.69) is 45.0 Å². The van der Waals surface area contributed by atoms with Crippen LogP contribution in [0, 0.1) is 11.8 Å². The van der Waals surface area contributed by atoms with Gasteiger partial charge in [-0.2, -0.15) is 0 Å². The molecule has 0 amide bonds. The van der Waals surface area contributed by atoms with Crippen LogP contribution in [-0.4, -0.2) is 66.1 Å². The first kappa shape index (κ1) is 17.2. The minimum Gasteiger partial charge on any atom is -0.299 e. The molecule has 0 unspecified atom stereocenters. The third-order valence-corrected chi connectivity index (χ3v) is 7.84. The highest BCUT2D eigenvalue weighted by Gasteiger charge is 2.43. The number of hydrogen-bond acceptors (Lipinski definition) is 3. The minimum atomic E-state index is 0.837. The van der Waals surface area contributed by atoms with Crippen LogP contribution in [-0.2, 0) is 6.54 Å². The van der Waals surface area contributed by atoms with Crippen LogP contribution in [0.15, 0.2) is 30.3 Å². The molecule has 3 nitrogen and oxygen atoms in total. The Morgan fingerprint density at radius 2 is 1.46 bits per heavy atom. The van der Waals surface area contributed by atoms with Gasteiger partial charge < -0.3 is 0 Å². The lowest BCUT2D eigenvalue weighted by atomic mass is 9.93. The molecule has 3 heteroatoms. The average molecular weight is 354 g/mol. The maximum absolute atomic E-state index is 2.87. The maximum atomic E-state index is 2.87. The molecule has 4 fully saturated rings. The highest BCUT2D eigenvalue weighted by atomic mass is 15.3. The van der Waals surface area contributed by atoms with Crippen molar-refractivity contribution >= 4 is 0 Å². The molecule has 0 radical (unpaired) electrons. The number of hydrogen-bond donors (Lipinski definition) is 0. The first-order chi connectivity index (χ1) is 12.8. The molecule has 2 saturated carbocycles. The van der Waals surface area contributed by atoms with Gasteiger partial charge in [0.25, 0.3) is 0 Å². The molecule has 0 N–H and O–H groups in total. The van der Waals surface area contributed by atoms with Crippen LogP contribution in [0.2, 0.25) is 0 Å². The van der Waals surface area contributed by atoms with Crippen molar-refractivity contribution in [3.63, 3.8) is 0 Å². The van der Waals surface area contributed by atoms with E-state index in [0.717, 1.165) is 30.5 Å². The molecule has 2 saturated heterocycles. The fraction of sp³-hybridized carbons (Fsp3) is 0.739. The topological polar surface area (TPSA) is 9.72 Å². The van der Waals surface area contributed by atoms with Crippen molar-refractivity contribution in [1.82, 2.24) is 14.7 Å². The number of piperidine rings is 1. The number of rotatable bonds is 4. The molecule has 26 heavy (non-hydrogen) atoms. The normalized spacial score (nSPS) is 34.5. The lowest BCUT2D eigenvalue weighted by molar-refractivity contribution is 0.0296. The molecule has 142 valence electrons. The Morgan fingerprint density at radius 3 is 2.12 bits per heavy atom. The summed E-state index contributed by atoms with van der Waals surface area (Å²) in [5, 5.41) is 0. The van der Waals surface area contributed by atoms with Gasteiger partial charge >= 0.3 is 0 Å². The summed E-state index contributed by atoms with van der Waals surface area (Å²) in [4.78, 5) is 8.34. The van der Waals surface area contributed by atoms with Crippen LogP contribution in [0.5, 0.6) is 0 Å². The second kappa shape index (κ2) is 7.61. The van der Waals surface area contributed by atoms with Gasteiger partial charge in [0.2, 0.25) is 0 Å². The molecular weight excluding hydrogens is 318 g/mol. The molecule has 4 aliphatic rings. The monoisotopic (exact) mass is 353 g/mol. The summed E-state index contributed by atoms with van der Waals surface area (Å²) in [6.07, 6.45) is 8.84. The van der Waals surface area contributed by atoms with Crippen molar-refractivity contribution in [3.8, 4) is 0 Å². The summed E-state index contributed by atoms with van der Waals surface area (Å²) in [6.45, 7) is 8.97. The molecule has 1 aromatic rings. The van der Waals surface area contributed by atoms with Gasteiger partial charge in [0, 0.05) is 44.8 Å². The molecule has 0 aromatic heterocycles. The SMILES string of the molecule is c1ccc(CN2CCC(N3CCN([C@@H]4C[C@H]5CC[C@@H]4C5)CC3)CC2)cc1. The number of piperazine rings is 1. The number of nitrogens with zero attached hydrogens (tertiary/aromatic N) is 3. The van der Waals surface area contributed by atoms with E-state index in [0.29, 0.717) is 0 Å². The van der Waals surface area contributed by atoms with Crippen molar-refractivity contribution in [2.45, 2.75) is 57.2 Å². The van der Waals surface area contributed by atoms with E-state index in [-0.39, 0.29) is 0 Å². The van der Waals surface area contributed by atoms with E-state index in [9.17, 15) is 0 Å². The fourth-order valence-electron chi connectivity index (χ4n) is 6.38. The first-order valence-electron chi connectivity index (χ1n) is 11.1. The summed E-state index contributed by atoms with van der Waals surface area (Å²) in [7, 11) is 0. The Labute approximate surface area is 159 Å². The lowest BCUT2D eigenvalue weighted by Crippen LogP contribution is -2.55. The van der Waals surface area contributed by atoms with E-state index in [4.69, 9.17) is 0 Å². The van der Waals surface area contributed by atoms with Gasteiger partial charge in [-0.1, -0.05) is 36.8 Å². The summed E-state index contributed by atoms with van der Waals surface area (Å²) in [6, 6.07) is 12.8. The molecule has 2 heterocycles. The Balaban J connectivity index is 1.07. The zero-order chi connectivity index (χ0) is 17.3.